The lowest BCUT2D eigenvalue weighted by molar-refractivity contribution is 0.0436. The number of aryl methyl sites for hydroxylation is 2. The summed E-state index contributed by atoms with van der Waals surface area (Å²) in [7, 11) is 6.13. The Kier molecular flexibility index (Phi) is 7.69. The van der Waals surface area contributed by atoms with Crippen LogP contribution in [0.25, 0.3) is 11.3 Å². The molecule has 2 aromatic carbocycles. The third-order valence-corrected chi connectivity index (χ3v) is 4.70. The van der Waals surface area contributed by atoms with Crippen molar-refractivity contribution >= 4 is 17.5 Å². The molecule has 1 heterocycles. The van der Waals surface area contributed by atoms with Crippen molar-refractivity contribution in [1.29, 1.82) is 0 Å². The van der Waals surface area contributed by atoms with E-state index in [1.54, 1.807) is 16.8 Å². The Morgan fingerprint density at radius 3 is 2.44 bits per heavy atom. The van der Waals surface area contributed by atoms with E-state index in [0.717, 1.165) is 16.8 Å². The molecule has 0 fully saturated rings. The first-order valence-corrected chi connectivity index (χ1v) is 9.85. The van der Waals surface area contributed by atoms with E-state index < -0.39 is 5.97 Å². The number of rotatable bonds is 10. The van der Waals surface area contributed by atoms with Crippen molar-refractivity contribution in [1.82, 2.24) is 9.78 Å². The molecule has 0 aliphatic heterocycles. The number of esters is 1. The number of carbonyl (C=O) groups excluding carboxylic acids is 1. The molecule has 0 unspecified atom stereocenters. The Morgan fingerprint density at radius 1 is 1.03 bits per heavy atom. The SMILES string of the molecule is COCOc1cc(Nc2cc(-c3ccccc3C)nn2C)c(C(=O)OC)c(OCOC)c1. The van der Waals surface area contributed by atoms with E-state index in [-0.39, 0.29) is 24.9 Å². The van der Waals surface area contributed by atoms with Gasteiger partial charge in [0.2, 0.25) is 0 Å². The molecule has 0 saturated carbocycles. The largest absolute Gasteiger partial charge is 0.467 e. The van der Waals surface area contributed by atoms with Crippen molar-refractivity contribution in [3.8, 4) is 22.8 Å². The number of ether oxygens (including phenoxy) is 5. The zero-order valence-corrected chi connectivity index (χ0v) is 18.8. The summed E-state index contributed by atoms with van der Waals surface area (Å²) >= 11 is 0. The van der Waals surface area contributed by atoms with Gasteiger partial charge in [-0.3, -0.25) is 4.68 Å². The predicted molar refractivity (Wildman–Crippen MR) is 119 cm³/mol. The van der Waals surface area contributed by atoms with Crippen LogP contribution in [0, 0.1) is 6.92 Å². The molecule has 9 nitrogen and oxygen atoms in total. The van der Waals surface area contributed by atoms with E-state index in [0.29, 0.717) is 17.3 Å². The highest BCUT2D eigenvalue weighted by atomic mass is 16.7. The topological polar surface area (TPSA) is 93.1 Å². The van der Waals surface area contributed by atoms with Gasteiger partial charge in [-0.25, -0.2) is 4.79 Å². The van der Waals surface area contributed by atoms with Gasteiger partial charge in [0.15, 0.2) is 13.6 Å². The fourth-order valence-electron chi connectivity index (χ4n) is 3.16. The molecular formula is C23H27N3O6. The molecule has 32 heavy (non-hydrogen) atoms. The summed E-state index contributed by atoms with van der Waals surface area (Å²) in [5.41, 5.74) is 3.56. The third kappa shape index (κ3) is 5.19. The average molecular weight is 441 g/mol. The lowest BCUT2D eigenvalue weighted by atomic mass is 10.1. The third-order valence-electron chi connectivity index (χ3n) is 4.70. The van der Waals surface area contributed by atoms with Gasteiger partial charge in [0.05, 0.1) is 18.5 Å². The minimum atomic E-state index is -0.571. The van der Waals surface area contributed by atoms with Crippen LogP contribution in [0.2, 0.25) is 0 Å². The first-order chi connectivity index (χ1) is 15.5. The van der Waals surface area contributed by atoms with E-state index in [1.807, 2.05) is 44.3 Å². The number of aromatic nitrogens is 2. The Hall–Kier alpha value is -3.56. The quantitative estimate of drug-likeness (QED) is 0.374. The van der Waals surface area contributed by atoms with E-state index in [2.05, 4.69) is 10.4 Å². The summed E-state index contributed by atoms with van der Waals surface area (Å²) in [6.07, 6.45) is 0. The molecule has 0 bridgehead atoms. The molecule has 9 heteroatoms. The first kappa shape index (κ1) is 23.1. The van der Waals surface area contributed by atoms with E-state index >= 15 is 0 Å². The zero-order valence-electron chi connectivity index (χ0n) is 18.8. The van der Waals surface area contributed by atoms with Crippen molar-refractivity contribution < 1.29 is 28.5 Å². The van der Waals surface area contributed by atoms with Gasteiger partial charge >= 0.3 is 5.97 Å². The number of nitrogens with zero attached hydrogens (tertiary/aromatic N) is 2. The van der Waals surface area contributed by atoms with Gasteiger partial charge in [0.1, 0.15) is 22.9 Å². The Morgan fingerprint density at radius 2 is 1.75 bits per heavy atom. The summed E-state index contributed by atoms with van der Waals surface area (Å²) in [4.78, 5) is 12.6. The maximum atomic E-state index is 12.6. The summed E-state index contributed by atoms with van der Waals surface area (Å²) in [6, 6.07) is 13.1. The standard InChI is InChI=1S/C23H27N3O6/c1-15-8-6-7-9-17(15)18-12-21(26(2)25-18)24-19-10-16(31-13-28-3)11-20(32-14-29-4)22(19)23(27)30-5/h6-12,24H,13-14H2,1-5H3. The number of hydrogen-bond donors (Lipinski definition) is 1. The summed E-state index contributed by atoms with van der Waals surface area (Å²) < 4.78 is 27.9. The molecule has 0 radical (unpaired) electrons. The van der Waals surface area contributed by atoms with Crippen LogP contribution < -0.4 is 14.8 Å². The highest BCUT2D eigenvalue weighted by Crippen LogP contribution is 2.36. The van der Waals surface area contributed by atoms with Crippen LogP contribution in [0.15, 0.2) is 42.5 Å². The second kappa shape index (κ2) is 10.7. The maximum absolute atomic E-state index is 12.6. The van der Waals surface area contributed by atoms with Crippen molar-refractivity contribution in [3.05, 3.63) is 53.6 Å². The summed E-state index contributed by atoms with van der Waals surface area (Å²) in [6.45, 7) is 2.01. The fraction of sp³-hybridized carbons (Fsp3) is 0.304. The van der Waals surface area contributed by atoms with Crippen LogP contribution in [-0.2, 0) is 21.3 Å². The maximum Gasteiger partial charge on any atom is 0.343 e. The van der Waals surface area contributed by atoms with Crippen molar-refractivity contribution in [2.24, 2.45) is 7.05 Å². The lowest BCUT2D eigenvalue weighted by Crippen LogP contribution is -2.12. The van der Waals surface area contributed by atoms with Crippen molar-refractivity contribution in [2.45, 2.75) is 6.92 Å². The van der Waals surface area contributed by atoms with E-state index in [9.17, 15) is 4.79 Å². The molecule has 3 aromatic rings. The Labute approximate surface area is 186 Å². The van der Waals surface area contributed by atoms with Crippen molar-refractivity contribution in [3.63, 3.8) is 0 Å². The minimum Gasteiger partial charge on any atom is -0.467 e. The minimum absolute atomic E-state index is 0.0316. The predicted octanol–water partition coefficient (Wildman–Crippen LogP) is 3.89. The molecule has 0 amide bonds. The van der Waals surface area contributed by atoms with E-state index in [4.69, 9.17) is 23.7 Å². The van der Waals surface area contributed by atoms with Gasteiger partial charge in [-0.15, -0.1) is 0 Å². The number of methoxy groups -OCH3 is 3. The zero-order chi connectivity index (χ0) is 23.1. The second-order valence-corrected chi connectivity index (χ2v) is 6.92. The highest BCUT2D eigenvalue weighted by molar-refractivity contribution is 6.00. The van der Waals surface area contributed by atoms with Gasteiger partial charge in [-0.1, -0.05) is 24.3 Å². The van der Waals surface area contributed by atoms with Gasteiger partial charge in [0.25, 0.3) is 0 Å². The van der Waals surface area contributed by atoms with Crippen LogP contribution in [0.5, 0.6) is 11.5 Å². The van der Waals surface area contributed by atoms with Gasteiger partial charge < -0.3 is 29.0 Å². The molecular weight excluding hydrogens is 414 g/mol. The second-order valence-electron chi connectivity index (χ2n) is 6.92. The molecule has 0 aliphatic carbocycles. The van der Waals surface area contributed by atoms with Crippen LogP contribution in [-0.4, -0.2) is 50.7 Å². The first-order valence-electron chi connectivity index (χ1n) is 9.85. The van der Waals surface area contributed by atoms with Crippen LogP contribution in [0.4, 0.5) is 11.5 Å². The molecule has 0 atom stereocenters. The molecule has 3 rings (SSSR count). The molecule has 0 spiro atoms. The molecule has 0 aliphatic rings. The number of anilines is 2. The monoisotopic (exact) mass is 441 g/mol. The number of benzene rings is 2. The average Bonchev–Trinajstić information content (AvgIpc) is 3.15. The smallest absolute Gasteiger partial charge is 0.343 e. The normalized spacial score (nSPS) is 10.7. The van der Waals surface area contributed by atoms with Crippen molar-refractivity contribution in [2.75, 3.05) is 40.2 Å². The summed E-state index contributed by atoms with van der Waals surface area (Å²) in [5.74, 6) is 0.777. The van der Waals surface area contributed by atoms with Gasteiger partial charge in [-0.2, -0.15) is 5.10 Å². The van der Waals surface area contributed by atoms with Gasteiger partial charge in [-0.05, 0) is 12.5 Å². The van der Waals surface area contributed by atoms with Gasteiger partial charge in [0, 0.05) is 45.0 Å². The Bertz CT molecular complexity index is 1080. The molecule has 170 valence electrons. The Balaban J connectivity index is 2.05. The highest BCUT2D eigenvalue weighted by Gasteiger charge is 2.22. The number of nitrogens with one attached hydrogen (secondary N) is 1. The fourth-order valence-corrected chi connectivity index (χ4v) is 3.16. The molecule has 1 N–H and O–H groups in total. The van der Waals surface area contributed by atoms with E-state index in [1.165, 1.54) is 21.3 Å². The van der Waals surface area contributed by atoms with Crippen LogP contribution in [0.3, 0.4) is 0 Å². The van der Waals surface area contributed by atoms with Crippen LogP contribution >= 0.6 is 0 Å². The lowest BCUT2D eigenvalue weighted by Gasteiger charge is -2.17. The number of carbonyl (C=O) groups is 1. The summed E-state index contributed by atoms with van der Waals surface area (Å²) in [5, 5.41) is 7.87. The molecule has 0 saturated heterocycles. The number of hydrogen-bond acceptors (Lipinski definition) is 8. The molecule has 1 aromatic heterocycles. The van der Waals surface area contributed by atoms with Crippen LogP contribution in [0.1, 0.15) is 15.9 Å².